The molecule has 2 aliphatic heterocycles. The van der Waals surface area contributed by atoms with Crippen LogP contribution in [-0.4, -0.2) is 73.3 Å². The lowest BCUT2D eigenvalue weighted by molar-refractivity contribution is -0.697. The number of hydrogen-bond acceptors (Lipinski definition) is 6. The zero-order chi connectivity index (χ0) is 43.5. The molecule has 4 aromatic carbocycles. The molecule has 322 valence electrons. The van der Waals surface area contributed by atoms with Crippen molar-refractivity contribution >= 4 is 56.5 Å². The van der Waals surface area contributed by atoms with E-state index in [1.165, 1.54) is 9.80 Å². The number of imide groups is 2. The molecule has 0 unspecified atom stereocenters. The lowest BCUT2D eigenvalue weighted by atomic mass is 9.93. The van der Waals surface area contributed by atoms with Crippen LogP contribution in [0, 0.1) is 0 Å². The molecule has 0 spiro atoms. The Kier molecular flexibility index (Phi) is 11.9. The van der Waals surface area contributed by atoms with Crippen LogP contribution in [0.25, 0.3) is 21.5 Å². The first-order valence-electron chi connectivity index (χ1n) is 22.1. The maximum absolute atomic E-state index is 13.5. The SMILES string of the molecule is Cn1cc[n+](CCCN2C(=O)c3cccc4c(NCCCCC[n+]5ccn(CCCNc6ccc7c8c(cccc68)C(=O)N(CCC[n+]6ccn(C)c6)C7=O)c5)ccc(c34)C2=O)c1. The predicted molar refractivity (Wildman–Crippen MR) is 239 cm³/mol. The molecule has 0 saturated heterocycles. The maximum Gasteiger partial charge on any atom is 0.261 e. The van der Waals surface area contributed by atoms with Gasteiger partial charge in [-0.05, 0) is 55.7 Å². The Morgan fingerprint density at radius 3 is 1.43 bits per heavy atom. The van der Waals surface area contributed by atoms with Gasteiger partial charge in [0, 0.05) is 101 Å². The molecule has 9 rings (SSSR count). The number of carbonyl (C=O) groups is 4. The van der Waals surface area contributed by atoms with Crippen molar-refractivity contribution in [2.45, 2.75) is 64.7 Å². The first kappa shape index (κ1) is 41.3. The summed E-state index contributed by atoms with van der Waals surface area (Å²) < 4.78 is 12.5. The van der Waals surface area contributed by atoms with Gasteiger partial charge in [0.1, 0.15) is 37.2 Å². The molecule has 0 bridgehead atoms. The summed E-state index contributed by atoms with van der Waals surface area (Å²) in [5.74, 6) is -0.912. The largest absolute Gasteiger partial charge is 0.385 e. The second-order valence-electron chi connectivity index (χ2n) is 16.8. The molecule has 0 saturated carbocycles. The van der Waals surface area contributed by atoms with E-state index >= 15 is 0 Å². The van der Waals surface area contributed by atoms with Gasteiger partial charge < -0.3 is 10.6 Å². The van der Waals surface area contributed by atoms with Crippen molar-refractivity contribution in [1.29, 1.82) is 0 Å². The van der Waals surface area contributed by atoms with E-state index < -0.39 is 0 Å². The molecule has 4 amide bonds. The Morgan fingerprint density at radius 1 is 0.460 bits per heavy atom. The molecular formula is C49H55N10O4+3. The van der Waals surface area contributed by atoms with Crippen molar-refractivity contribution in [3.05, 3.63) is 139 Å². The molecule has 0 fully saturated rings. The van der Waals surface area contributed by atoms with Gasteiger partial charge in [-0.15, -0.1) is 0 Å². The monoisotopic (exact) mass is 847 g/mol. The summed E-state index contributed by atoms with van der Waals surface area (Å²) in [5, 5.41) is 10.4. The molecule has 5 heterocycles. The van der Waals surface area contributed by atoms with Crippen molar-refractivity contribution in [3.8, 4) is 0 Å². The minimum Gasteiger partial charge on any atom is -0.385 e. The fourth-order valence-corrected chi connectivity index (χ4v) is 9.10. The highest BCUT2D eigenvalue weighted by atomic mass is 16.2. The Morgan fingerprint density at radius 2 is 0.921 bits per heavy atom. The topological polar surface area (TPSA) is 125 Å². The van der Waals surface area contributed by atoms with Gasteiger partial charge in [0.25, 0.3) is 23.6 Å². The maximum atomic E-state index is 13.5. The van der Waals surface area contributed by atoms with E-state index in [1.54, 1.807) is 0 Å². The highest BCUT2D eigenvalue weighted by molar-refractivity contribution is 6.27. The van der Waals surface area contributed by atoms with Gasteiger partial charge >= 0.3 is 0 Å². The standard InChI is InChI=1S/C49H53N10O4/c1-52-27-29-54(33-52)23-9-25-58-46(60)38-13-6-11-36-42(17-15-40(44(36)38)48(58)62)50-19-4-3-5-21-56-31-32-57(35-56)22-8-20-51-43-18-16-41-45-37(43)12-7-14-39(45)47(61)59(49(41)63)26-10-24-55-30-28-53(2)34-55/h6-7,11-18,27-35H,3-5,8-10,19-26H2,1-2H3/q+1/p+2. The van der Waals surface area contributed by atoms with E-state index in [4.69, 9.17) is 0 Å². The molecule has 14 heteroatoms. The van der Waals surface area contributed by atoms with Crippen LogP contribution in [-0.2, 0) is 40.3 Å². The summed E-state index contributed by atoms with van der Waals surface area (Å²) in [6.07, 6.45) is 23.6. The number of anilines is 2. The van der Waals surface area contributed by atoms with Crippen molar-refractivity contribution < 1.29 is 32.9 Å². The normalized spacial score (nSPS) is 13.6. The van der Waals surface area contributed by atoms with Gasteiger partial charge in [0.15, 0.2) is 0 Å². The number of carbonyl (C=O) groups excluding carboxylic acids is 4. The third-order valence-corrected chi connectivity index (χ3v) is 12.3. The van der Waals surface area contributed by atoms with Crippen LogP contribution in [0.2, 0.25) is 0 Å². The number of aryl methyl sites for hydroxylation is 6. The zero-order valence-electron chi connectivity index (χ0n) is 36.1. The minimum atomic E-state index is -0.231. The Balaban J connectivity index is 0.711. The number of unbranched alkanes of at least 4 members (excludes halogenated alkanes) is 2. The summed E-state index contributed by atoms with van der Waals surface area (Å²) in [6.45, 7) is 5.52. The molecule has 2 N–H and O–H groups in total. The lowest BCUT2D eigenvalue weighted by Gasteiger charge is -2.27. The van der Waals surface area contributed by atoms with Crippen LogP contribution >= 0.6 is 0 Å². The van der Waals surface area contributed by atoms with Gasteiger partial charge in [-0.25, -0.2) is 27.4 Å². The fraction of sp³-hybridized carbons (Fsp3) is 0.327. The zero-order valence-corrected chi connectivity index (χ0v) is 36.1. The summed E-state index contributed by atoms with van der Waals surface area (Å²) in [5.41, 5.74) is 4.19. The van der Waals surface area contributed by atoms with Gasteiger partial charge in [-0.3, -0.25) is 29.0 Å². The van der Waals surface area contributed by atoms with Gasteiger partial charge in [-0.1, -0.05) is 24.3 Å². The van der Waals surface area contributed by atoms with Crippen molar-refractivity contribution in [2.24, 2.45) is 14.1 Å². The molecule has 0 radical (unpaired) electrons. The quantitative estimate of drug-likeness (QED) is 0.0595. The Bertz CT molecular complexity index is 2810. The average Bonchev–Trinajstić information content (AvgIpc) is 4.05. The highest BCUT2D eigenvalue weighted by Gasteiger charge is 2.34. The van der Waals surface area contributed by atoms with E-state index in [0.717, 1.165) is 97.9 Å². The lowest BCUT2D eigenvalue weighted by Crippen LogP contribution is -2.42. The number of imidazole rings is 3. The number of rotatable bonds is 20. The highest BCUT2D eigenvalue weighted by Crippen LogP contribution is 2.36. The predicted octanol–water partition coefficient (Wildman–Crippen LogP) is 5.49. The molecule has 2 aliphatic rings. The number of benzene rings is 4. The molecule has 63 heavy (non-hydrogen) atoms. The Labute approximate surface area is 366 Å². The van der Waals surface area contributed by atoms with Crippen LogP contribution in [0.4, 0.5) is 11.4 Å². The number of nitrogens with zero attached hydrogens (tertiary/aromatic N) is 8. The van der Waals surface area contributed by atoms with E-state index in [1.807, 2.05) is 121 Å². The molecule has 3 aromatic heterocycles. The molecule has 0 aliphatic carbocycles. The first-order chi connectivity index (χ1) is 30.7. The fourth-order valence-electron chi connectivity index (χ4n) is 9.10. The minimum absolute atomic E-state index is 0.226. The summed E-state index contributed by atoms with van der Waals surface area (Å²) in [7, 11) is 3.94. The third kappa shape index (κ3) is 8.57. The second-order valence-corrected chi connectivity index (χ2v) is 16.8. The summed E-state index contributed by atoms with van der Waals surface area (Å²) in [4.78, 5) is 56.9. The van der Waals surface area contributed by atoms with E-state index in [0.29, 0.717) is 48.2 Å². The molecule has 7 aromatic rings. The molecular weight excluding hydrogens is 793 g/mol. The van der Waals surface area contributed by atoms with Crippen molar-refractivity contribution in [2.75, 3.05) is 36.8 Å². The third-order valence-electron chi connectivity index (χ3n) is 12.3. The van der Waals surface area contributed by atoms with Crippen LogP contribution in [0.3, 0.4) is 0 Å². The number of amides is 4. The van der Waals surface area contributed by atoms with Crippen molar-refractivity contribution in [3.63, 3.8) is 0 Å². The van der Waals surface area contributed by atoms with Crippen LogP contribution < -0.4 is 24.3 Å². The van der Waals surface area contributed by atoms with Crippen LogP contribution in [0.5, 0.6) is 0 Å². The van der Waals surface area contributed by atoms with Gasteiger partial charge in [0.2, 0.25) is 19.0 Å². The van der Waals surface area contributed by atoms with Crippen LogP contribution in [0.15, 0.2) is 117 Å². The van der Waals surface area contributed by atoms with E-state index in [2.05, 4.69) is 47.6 Å². The summed E-state index contributed by atoms with van der Waals surface area (Å²) >= 11 is 0. The smallest absolute Gasteiger partial charge is 0.261 e. The van der Waals surface area contributed by atoms with Crippen molar-refractivity contribution in [1.82, 2.24) is 23.5 Å². The van der Waals surface area contributed by atoms with Gasteiger partial charge in [0.05, 0.1) is 40.3 Å². The van der Waals surface area contributed by atoms with E-state index in [-0.39, 0.29) is 23.6 Å². The van der Waals surface area contributed by atoms with Crippen LogP contribution in [0.1, 0.15) is 80.0 Å². The molecule has 14 nitrogen and oxygen atoms in total. The van der Waals surface area contributed by atoms with Gasteiger partial charge in [-0.2, -0.15) is 0 Å². The first-order valence-corrected chi connectivity index (χ1v) is 22.1. The number of aromatic nitrogens is 6. The number of hydrogen-bond donors (Lipinski definition) is 2. The second kappa shape index (κ2) is 18.1. The molecule has 0 atom stereocenters. The average molecular weight is 848 g/mol. The summed E-state index contributed by atoms with van der Waals surface area (Å²) in [6, 6.07) is 19.1. The number of nitrogens with one attached hydrogen (secondary N) is 2. The van der Waals surface area contributed by atoms with E-state index in [9.17, 15) is 19.2 Å². The Hall–Kier alpha value is -7.09.